The van der Waals surface area contributed by atoms with Crippen molar-refractivity contribution < 1.29 is 22.7 Å². The fourth-order valence-electron chi connectivity index (χ4n) is 2.75. The molecule has 0 saturated carbocycles. The number of rotatable bonds is 7. The van der Waals surface area contributed by atoms with Crippen LogP contribution in [0.1, 0.15) is 26.2 Å². The second-order valence-corrected chi connectivity index (χ2v) is 6.31. The third kappa shape index (κ3) is 9.12. The molecular weight excluding hydrogens is 351 g/mol. The molecule has 0 aromatic heterocycles. The number of alkyl halides is 3. The summed E-state index contributed by atoms with van der Waals surface area (Å²) >= 11 is 0. The van der Waals surface area contributed by atoms with E-state index in [4.69, 9.17) is 4.74 Å². The molecule has 1 aliphatic rings. The maximum absolute atomic E-state index is 12.3. The highest BCUT2D eigenvalue weighted by atomic mass is 19.4. The number of nitrogens with one attached hydrogen (secondary N) is 2. The molecule has 0 unspecified atom stereocenters. The molecule has 2 N–H and O–H groups in total. The van der Waals surface area contributed by atoms with Gasteiger partial charge in [0.25, 0.3) is 0 Å². The van der Waals surface area contributed by atoms with E-state index >= 15 is 0 Å². The minimum atomic E-state index is -4.17. The largest absolute Gasteiger partial charge is 0.450 e. The second kappa shape index (κ2) is 11.1. The standard InChI is InChI=1S/C16H30F3N5O2/c1-4-26-15(25)24-10-6-13(7-11-24)22-14(20-2)21-8-5-9-23(3)12-16(17,18)19/h13H,4-12H2,1-3H3,(H2,20,21,22). The summed E-state index contributed by atoms with van der Waals surface area (Å²) in [6.45, 7) is 3.37. The van der Waals surface area contributed by atoms with E-state index in [1.807, 2.05) is 0 Å². The maximum atomic E-state index is 12.3. The zero-order valence-corrected chi connectivity index (χ0v) is 15.7. The van der Waals surface area contributed by atoms with E-state index in [9.17, 15) is 18.0 Å². The normalized spacial score (nSPS) is 16.7. The fourth-order valence-corrected chi connectivity index (χ4v) is 2.75. The lowest BCUT2D eigenvalue weighted by molar-refractivity contribution is -0.143. The van der Waals surface area contributed by atoms with Crippen molar-refractivity contribution in [2.45, 2.75) is 38.4 Å². The van der Waals surface area contributed by atoms with Crippen molar-refractivity contribution in [3.05, 3.63) is 0 Å². The summed E-state index contributed by atoms with van der Waals surface area (Å²) in [5.41, 5.74) is 0. The Morgan fingerprint density at radius 1 is 1.35 bits per heavy atom. The van der Waals surface area contributed by atoms with Gasteiger partial charge < -0.3 is 20.3 Å². The van der Waals surface area contributed by atoms with Gasteiger partial charge >= 0.3 is 12.3 Å². The summed E-state index contributed by atoms with van der Waals surface area (Å²) in [6, 6.07) is 0.194. The third-order valence-corrected chi connectivity index (χ3v) is 4.04. The van der Waals surface area contributed by atoms with Crippen LogP contribution in [0.15, 0.2) is 4.99 Å². The Kier molecular flexibility index (Phi) is 9.53. The van der Waals surface area contributed by atoms with Crippen LogP contribution in [0, 0.1) is 0 Å². The molecule has 1 fully saturated rings. The summed E-state index contributed by atoms with van der Waals surface area (Å²) in [4.78, 5) is 18.8. The smallest absolute Gasteiger partial charge is 0.409 e. The van der Waals surface area contributed by atoms with E-state index < -0.39 is 12.7 Å². The highest BCUT2D eigenvalue weighted by Gasteiger charge is 2.28. The third-order valence-electron chi connectivity index (χ3n) is 4.04. The van der Waals surface area contributed by atoms with Gasteiger partial charge in [0.05, 0.1) is 13.2 Å². The number of amides is 1. The van der Waals surface area contributed by atoms with Crippen LogP contribution in [0.5, 0.6) is 0 Å². The Balaban J connectivity index is 2.23. The highest BCUT2D eigenvalue weighted by Crippen LogP contribution is 2.15. The number of guanidine groups is 1. The van der Waals surface area contributed by atoms with E-state index in [0.29, 0.717) is 45.2 Å². The molecule has 0 aromatic rings. The van der Waals surface area contributed by atoms with Gasteiger partial charge in [-0.2, -0.15) is 13.2 Å². The van der Waals surface area contributed by atoms with Crippen molar-refractivity contribution >= 4 is 12.1 Å². The van der Waals surface area contributed by atoms with Crippen molar-refractivity contribution in [1.29, 1.82) is 0 Å². The summed E-state index contributed by atoms with van der Waals surface area (Å²) < 4.78 is 41.8. The number of nitrogens with zero attached hydrogens (tertiary/aromatic N) is 3. The zero-order valence-electron chi connectivity index (χ0n) is 15.7. The van der Waals surface area contributed by atoms with Crippen molar-refractivity contribution in [2.75, 3.05) is 53.4 Å². The van der Waals surface area contributed by atoms with Crippen molar-refractivity contribution in [1.82, 2.24) is 20.4 Å². The number of ether oxygens (including phenoxy) is 1. The van der Waals surface area contributed by atoms with Crippen molar-refractivity contribution in [2.24, 2.45) is 4.99 Å². The predicted molar refractivity (Wildman–Crippen MR) is 94.3 cm³/mol. The van der Waals surface area contributed by atoms with Crippen molar-refractivity contribution in [3.8, 4) is 0 Å². The van der Waals surface area contributed by atoms with Crippen LogP contribution in [0.4, 0.5) is 18.0 Å². The lowest BCUT2D eigenvalue weighted by atomic mass is 10.1. The predicted octanol–water partition coefficient (Wildman–Crippen LogP) is 1.66. The molecule has 1 rings (SSSR count). The molecule has 1 saturated heterocycles. The van der Waals surface area contributed by atoms with Crippen LogP contribution in [0.2, 0.25) is 0 Å². The summed E-state index contributed by atoms with van der Waals surface area (Å²) in [5, 5.41) is 6.40. The minimum Gasteiger partial charge on any atom is -0.450 e. The zero-order chi connectivity index (χ0) is 19.6. The second-order valence-electron chi connectivity index (χ2n) is 6.31. The number of hydrogen-bond donors (Lipinski definition) is 2. The summed E-state index contributed by atoms with van der Waals surface area (Å²) in [6.07, 6.45) is -2.30. The first-order valence-electron chi connectivity index (χ1n) is 8.89. The minimum absolute atomic E-state index is 0.194. The van der Waals surface area contributed by atoms with Gasteiger partial charge in [-0.25, -0.2) is 4.79 Å². The number of carbonyl (C=O) groups is 1. The average molecular weight is 381 g/mol. The van der Waals surface area contributed by atoms with Gasteiger partial charge in [0.1, 0.15) is 0 Å². The van der Waals surface area contributed by atoms with Gasteiger partial charge in [0.15, 0.2) is 5.96 Å². The van der Waals surface area contributed by atoms with Gasteiger partial charge in [-0.1, -0.05) is 0 Å². The van der Waals surface area contributed by atoms with Gasteiger partial charge in [0, 0.05) is 32.7 Å². The first-order valence-corrected chi connectivity index (χ1v) is 8.89. The molecule has 0 aliphatic carbocycles. The van der Waals surface area contributed by atoms with E-state index in [2.05, 4.69) is 15.6 Å². The Bertz CT molecular complexity index is 452. The molecule has 1 aliphatic heterocycles. The molecule has 0 radical (unpaired) electrons. The number of piperidine rings is 1. The molecule has 0 atom stereocenters. The molecule has 1 heterocycles. The summed E-state index contributed by atoms with van der Waals surface area (Å²) in [7, 11) is 3.11. The van der Waals surface area contributed by atoms with Crippen LogP contribution < -0.4 is 10.6 Å². The number of halogens is 3. The molecule has 1 amide bonds. The fraction of sp³-hybridized carbons (Fsp3) is 0.875. The average Bonchev–Trinajstić information content (AvgIpc) is 2.56. The maximum Gasteiger partial charge on any atom is 0.409 e. The Morgan fingerprint density at radius 3 is 2.54 bits per heavy atom. The van der Waals surface area contributed by atoms with Gasteiger partial charge in [-0.15, -0.1) is 0 Å². The van der Waals surface area contributed by atoms with Crippen LogP contribution in [-0.2, 0) is 4.74 Å². The number of carbonyl (C=O) groups excluding carboxylic acids is 1. The number of likely N-dealkylation sites (tertiary alicyclic amines) is 1. The highest BCUT2D eigenvalue weighted by molar-refractivity contribution is 5.80. The topological polar surface area (TPSA) is 69.2 Å². The monoisotopic (exact) mass is 381 g/mol. The van der Waals surface area contributed by atoms with Gasteiger partial charge in [-0.05, 0) is 39.8 Å². The van der Waals surface area contributed by atoms with Crippen molar-refractivity contribution in [3.63, 3.8) is 0 Å². The van der Waals surface area contributed by atoms with E-state index in [-0.39, 0.29) is 12.1 Å². The van der Waals surface area contributed by atoms with Crippen LogP contribution in [0.25, 0.3) is 0 Å². The molecule has 0 spiro atoms. The molecule has 152 valence electrons. The quantitative estimate of drug-likeness (QED) is 0.399. The van der Waals surface area contributed by atoms with Gasteiger partial charge in [-0.3, -0.25) is 9.89 Å². The summed E-state index contributed by atoms with van der Waals surface area (Å²) in [5.74, 6) is 0.623. The molecule has 7 nitrogen and oxygen atoms in total. The Morgan fingerprint density at radius 2 is 2.00 bits per heavy atom. The van der Waals surface area contributed by atoms with Crippen LogP contribution in [-0.4, -0.2) is 87.5 Å². The van der Waals surface area contributed by atoms with E-state index in [0.717, 1.165) is 12.8 Å². The SMILES string of the molecule is CCOC(=O)N1CCC(NC(=NC)NCCCN(C)CC(F)(F)F)CC1. The first-order chi connectivity index (χ1) is 12.2. The Labute approximate surface area is 152 Å². The lowest BCUT2D eigenvalue weighted by Gasteiger charge is -2.32. The molecule has 0 aromatic carbocycles. The number of hydrogen-bond acceptors (Lipinski definition) is 4. The van der Waals surface area contributed by atoms with E-state index in [1.54, 1.807) is 18.9 Å². The molecule has 0 bridgehead atoms. The molecular formula is C16H30F3N5O2. The number of aliphatic imine (C=N–C) groups is 1. The van der Waals surface area contributed by atoms with Crippen LogP contribution in [0.3, 0.4) is 0 Å². The van der Waals surface area contributed by atoms with Gasteiger partial charge in [0.2, 0.25) is 0 Å². The van der Waals surface area contributed by atoms with E-state index in [1.165, 1.54) is 11.9 Å². The first kappa shape index (κ1) is 22.3. The molecule has 26 heavy (non-hydrogen) atoms. The Hall–Kier alpha value is -1.71. The molecule has 10 heteroatoms. The van der Waals surface area contributed by atoms with Crippen LogP contribution >= 0.6 is 0 Å². The lowest BCUT2D eigenvalue weighted by Crippen LogP contribution is -2.50.